The summed E-state index contributed by atoms with van der Waals surface area (Å²) >= 11 is 4.89. The van der Waals surface area contributed by atoms with Crippen LogP contribution in [-0.4, -0.2) is 14.8 Å². The van der Waals surface area contributed by atoms with Gasteiger partial charge in [-0.3, -0.25) is 0 Å². The van der Waals surface area contributed by atoms with Gasteiger partial charge in [0.05, 0.1) is 6.20 Å². The highest BCUT2D eigenvalue weighted by atomic mass is 79.9. The van der Waals surface area contributed by atoms with Gasteiger partial charge in [-0.25, -0.2) is 9.67 Å². The molecule has 1 aromatic carbocycles. The third-order valence-corrected chi connectivity index (χ3v) is 3.89. The van der Waals surface area contributed by atoms with Crippen molar-refractivity contribution in [2.45, 2.75) is 0 Å². The summed E-state index contributed by atoms with van der Waals surface area (Å²) in [5, 5.41) is 7.12. The van der Waals surface area contributed by atoms with E-state index in [0.717, 1.165) is 20.9 Å². The molecule has 0 saturated heterocycles. The van der Waals surface area contributed by atoms with Gasteiger partial charge in [0, 0.05) is 17.1 Å². The van der Waals surface area contributed by atoms with Crippen LogP contribution in [-0.2, 0) is 0 Å². The molecule has 2 aromatic heterocycles. The lowest BCUT2D eigenvalue weighted by Gasteiger charge is -1.95. The van der Waals surface area contributed by atoms with E-state index in [0.29, 0.717) is 0 Å². The smallest absolute Gasteiger partial charge is 0.211 e. The van der Waals surface area contributed by atoms with Gasteiger partial charge in [-0.1, -0.05) is 30.3 Å². The van der Waals surface area contributed by atoms with E-state index in [9.17, 15) is 0 Å². The Morgan fingerprint density at radius 1 is 1.12 bits per heavy atom. The van der Waals surface area contributed by atoms with Crippen molar-refractivity contribution in [1.82, 2.24) is 14.8 Å². The molecule has 0 amide bonds. The number of thiazole rings is 1. The molecule has 0 atom stereocenters. The van der Waals surface area contributed by atoms with E-state index in [-0.39, 0.29) is 0 Å². The topological polar surface area (TPSA) is 30.7 Å². The molecule has 0 radical (unpaired) electrons. The molecule has 0 aliphatic heterocycles. The first kappa shape index (κ1) is 10.7. The molecule has 5 heteroatoms. The lowest BCUT2D eigenvalue weighted by atomic mass is 10.1. The van der Waals surface area contributed by atoms with E-state index in [1.54, 1.807) is 16.0 Å². The second-order valence-electron chi connectivity index (χ2n) is 3.49. The maximum absolute atomic E-state index is 4.32. The van der Waals surface area contributed by atoms with Gasteiger partial charge in [0.25, 0.3) is 0 Å². The van der Waals surface area contributed by atoms with Crippen molar-refractivity contribution in [1.29, 1.82) is 0 Å². The zero-order chi connectivity index (χ0) is 11.7. The van der Waals surface area contributed by atoms with Crippen LogP contribution in [0.4, 0.5) is 0 Å². The molecule has 2 heterocycles. The molecular weight excluding hydrogens is 298 g/mol. The number of hydrogen-bond donors (Lipinski definition) is 0. The molecule has 0 spiro atoms. The highest BCUT2D eigenvalue weighted by Crippen LogP contribution is 2.22. The Morgan fingerprint density at radius 2 is 1.94 bits per heavy atom. The normalized spacial score (nSPS) is 10.6. The Labute approximate surface area is 111 Å². The summed E-state index contributed by atoms with van der Waals surface area (Å²) in [6.45, 7) is 0. The summed E-state index contributed by atoms with van der Waals surface area (Å²) in [6, 6.07) is 10.2. The first-order chi connectivity index (χ1) is 8.33. The van der Waals surface area contributed by atoms with Crippen molar-refractivity contribution in [3.05, 3.63) is 52.7 Å². The Kier molecular flexibility index (Phi) is 2.78. The van der Waals surface area contributed by atoms with Crippen molar-refractivity contribution < 1.29 is 0 Å². The van der Waals surface area contributed by atoms with E-state index < -0.39 is 0 Å². The number of hydrogen-bond acceptors (Lipinski definition) is 3. The van der Waals surface area contributed by atoms with Crippen LogP contribution < -0.4 is 0 Å². The van der Waals surface area contributed by atoms with Gasteiger partial charge in [-0.2, -0.15) is 5.10 Å². The largest absolute Gasteiger partial charge is 0.213 e. The Balaban J connectivity index is 1.99. The summed E-state index contributed by atoms with van der Waals surface area (Å²) in [5.41, 5.74) is 2.26. The van der Waals surface area contributed by atoms with Crippen molar-refractivity contribution >= 4 is 27.3 Å². The minimum atomic E-state index is 0.842. The summed E-state index contributed by atoms with van der Waals surface area (Å²) < 4.78 is 2.63. The first-order valence-electron chi connectivity index (χ1n) is 5.04. The zero-order valence-electron chi connectivity index (χ0n) is 8.75. The molecule has 3 aromatic rings. The molecule has 0 fully saturated rings. The van der Waals surface area contributed by atoms with E-state index in [1.165, 1.54) is 0 Å². The molecule has 0 bridgehead atoms. The Hall–Kier alpha value is -1.46. The molecule has 0 aliphatic carbocycles. The predicted octanol–water partition coefficient (Wildman–Crippen LogP) is 3.76. The van der Waals surface area contributed by atoms with Gasteiger partial charge in [0.2, 0.25) is 5.13 Å². The second-order valence-corrected chi connectivity index (χ2v) is 5.14. The van der Waals surface area contributed by atoms with Crippen LogP contribution in [0.2, 0.25) is 0 Å². The van der Waals surface area contributed by atoms with Gasteiger partial charge < -0.3 is 0 Å². The fourth-order valence-corrected chi connectivity index (χ4v) is 2.74. The van der Waals surface area contributed by atoms with E-state index in [1.807, 2.05) is 36.0 Å². The molecule has 17 heavy (non-hydrogen) atoms. The van der Waals surface area contributed by atoms with Crippen LogP contribution in [0.25, 0.3) is 16.3 Å². The summed E-state index contributed by atoms with van der Waals surface area (Å²) in [4.78, 5) is 4.32. The second kappa shape index (κ2) is 4.43. The predicted molar refractivity (Wildman–Crippen MR) is 72.4 cm³/mol. The highest BCUT2D eigenvalue weighted by Gasteiger charge is 2.05. The van der Waals surface area contributed by atoms with Gasteiger partial charge in [0.1, 0.15) is 4.60 Å². The van der Waals surface area contributed by atoms with Crippen molar-refractivity contribution in [2.75, 3.05) is 0 Å². The van der Waals surface area contributed by atoms with Crippen LogP contribution in [0, 0.1) is 0 Å². The number of nitrogens with zero attached hydrogens (tertiary/aromatic N) is 3. The summed E-state index contributed by atoms with van der Waals surface area (Å²) in [6.07, 6.45) is 3.84. The van der Waals surface area contributed by atoms with Gasteiger partial charge >= 0.3 is 0 Å². The number of rotatable bonds is 2. The molecule has 0 aliphatic rings. The van der Waals surface area contributed by atoms with E-state index in [2.05, 4.69) is 38.1 Å². The van der Waals surface area contributed by atoms with E-state index in [4.69, 9.17) is 0 Å². The maximum atomic E-state index is 4.32. The highest BCUT2D eigenvalue weighted by molar-refractivity contribution is 9.10. The SMILES string of the molecule is Brc1csc(-n2cc(-c3ccccc3)cn2)n1. The van der Waals surface area contributed by atoms with Crippen molar-refractivity contribution in [3.8, 4) is 16.3 Å². The summed E-state index contributed by atoms with van der Waals surface area (Å²) in [5.74, 6) is 0. The minimum Gasteiger partial charge on any atom is -0.213 e. The molecule has 3 nitrogen and oxygen atoms in total. The van der Waals surface area contributed by atoms with E-state index >= 15 is 0 Å². The first-order valence-corrected chi connectivity index (χ1v) is 6.72. The van der Waals surface area contributed by atoms with Gasteiger partial charge in [-0.15, -0.1) is 11.3 Å². The van der Waals surface area contributed by atoms with Crippen LogP contribution in [0.3, 0.4) is 0 Å². The third kappa shape index (κ3) is 2.16. The number of halogens is 1. The molecule has 84 valence electrons. The average molecular weight is 306 g/mol. The average Bonchev–Trinajstić information content (AvgIpc) is 2.98. The van der Waals surface area contributed by atoms with Crippen LogP contribution in [0.15, 0.2) is 52.7 Å². The van der Waals surface area contributed by atoms with Gasteiger partial charge in [0.15, 0.2) is 0 Å². The van der Waals surface area contributed by atoms with Crippen molar-refractivity contribution in [3.63, 3.8) is 0 Å². The maximum Gasteiger partial charge on any atom is 0.211 e. The Morgan fingerprint density at radius 3 is 2.65 bits per heavy atom. The van der Waals surface area contributed by atoms with Gasteiger partial charge in [-0.05, 0) is 21.5 Å². The minimum absolute atomic E-state index is 0.842. The third-order valence-electron chi connectivity index (χ3n) is 2.35. The van der Waals surface area contributed by atoms with Crippen LogP contribution in [0.1, 0.15) is 0 Å². The summed E-state index contributed by atoms with van der Waals surface area (Å²) in [7, 11) is 0. The lowest BCUT2D eigenvalue weighted by molar-refractivity contribution is 0.867. The molecule has 3 rings (SSSR count). The lowest BCUT2D eigenvalue weighted by Crippen LogP contribution is -1.91. The van der Waals surface area contributed by atoms with Crippen molar-refractivity contribution in [2.24, 2.45) is 0 Å². The molecule has 0 saturated carbocycles. The zero-order valence-corrected chi connectivity index (χ0v) is 11.1. The molecular formula is C12H8BrN3S. The number of benzene rings is 1. The molecule has 0 unspecified atom stereocenters. The standard InChI is InChI=1S/C12H8BrN3S/c13-11-8-17-12(15-11)16-7-10(6-14-16)9-4-2-1-3-5-9/h1-8H. The van der Waals surface area contributed by atoms with Crippen LogP contribution >= 0.6 is 27.3 Å². The fraction of sp³-hybridized carbons (Fsp3) is 0. The monoisotopic (exact) mass is 305 g/mol. The fourth-order valence-electron chi connectivity index (χ4n) is 1.56. The quantitative estimate of drug-likeness (QED) is 0.722. The Bertz CT molecular complexity index is 630. The number of aromatic nitrogens is 3. The van der Waals surface area contributed by atoms with Crippen LogP contribution in [0.5, 0.6) is 0 Å². The molecule has 0 N–H and O–H groups in total.